The molecule has 2 aliphatic carbocycles. The molecule has 2 aliphatic rings. The van der Waals surface area contributed by atoms with Gasteiger partial charge in [0.15, 0.2) is 0 Å². The van der Waals surface area contributed by atoms with Crippen molar-refractivity contribution in [1.29, 1.82) is 0 Å². The van der Waals surface area contributed by atoms with Crippen LogP contribution in [-0.4, -0.2) is 51.6 Å². The molecule has 0 saturated heterocycles. The normalized spacial score (nSPS) is 21.5. The summed E-state index contributed by atoms with van der Waals surface area (Å²) in [5.41, 5.74) is 2.15. The molecule has 0 unspecified atom stereocenters. The van der Waals surface area contributed by atoms with Gasteiger partial charge in [0.05, 0.1) is 23.7 Å². The highest BCUT2D eigenvalue weighted by Gasteiger charge is 2.33. The maximum absolute atomic E-state index is 14.6. The minimum Gasteiger partial charge on any atom is -0.493 e. The third-order valence-electron chi connectivity index (χ3n) is 7.18. The van der Waals surface area contributed by atoms with Crippen LogP contribution in [0.25, 0.3) is 22.3 Å². The second kappa shape index (κ2) is 10.6. The zero-order chi connectivity index (χ0) is 27.0. The van der Waals surface area contributed by atoms with Crippen molar-refractivity contribution in [3.05, 3.63) is 41.3 Å². The molecule has 1 aromatic carbocycles. The highest BCUT2D eigenvalue weighted by Crippen LogP contribution is 2.38. The molecule has 0 aliphatic heterocycles. The zero-order valence-corrected chi connectivity index (χ0v) is 21.2. The van der Waals surface area contributed by atoms with Crippen molar-refractivity contribution in [2.75, 3.05) is 6.61 Å². The first kappa shape index (κ1) is 26.0. The first-order valence-electron chi connectivity index (χ1n) is 12.8. The van der Waals surface area contributed by atoms with Crippen LogP contribution in [-0.2, 0) is 4.79 Å². The molecule has 3 aromatic rings. The monoisotopic (exact) mass is 529 g/mol. The average Bonchev–Trinajstić information content (AvgIpc) is 3.63. The van der Waals surface area contributed by atoms with E-state index >= 15 is 0 Å². The van der Waals surface area contributed by atoms with Crippen LogP contribution in [0.3, 0.4) is 0 Å². The Morgan fingerprint density at radius 1 is 1.16 bits per heavy atom. The predicted molar refractivity (Wildman–Crippen MR) is 135 cm³/mol. The Balaban J connectivity index is 1.43. The molecule has 2 fully saturated rings. The van der Waals surface area contributed by atoms with Crippen molar-refractivity contribution in [1.82, 2.24) is 25.6 Å². The quantitative estimate of drug-likeness (QED) is 0.389. The number of H-pyrrole nitrogens is 1. The molecule has 0 bridgehead atoms. The third kappa shape index (κ3) is 5.46. The van der Waals surface area contributed by atoms with Gasteiger partial charge >= 0.3 is 0 Å². The van der Waals surface area contributed by atoms with Crippen molar-refractivity contribution in [3.8, 4) is 17.0 Å². The van der Waals surface area contributed by atoms with E-state index in [1.807, 2.05) is 0 Å². The summed E-state index contributed by atoms with van der Waals surface area (Å²) in [5.74, 6) is 0.193. The summed E-state index contributed by atoms with van der Waals surface area (Å²) in [6, 6.07) is 3.26. The standard InChI is InChI=1S/C27H30F3N5O3/c1-13-22(27(37)35-17-6-7-20(19(28)10-17)34-14(2)36)24-25(33-13)23(31-12-32-24)18-9-16(26(29)30)5-8-21(18)38-11-15-3-4-15/h5,8-9,12,15,17,19-20,26,33H,3-4,6-7,10-11H2,1-2H3,(H,34,36)(H,35,37)/t17-,19+,20-/m0/s1. The van der Waals surface area contributed by atoms with E-state index in [4.69, 9.17) is 4.74 Å². The highest BCUT2D eigenvalue weighted by molar-refractivity contribution is 6.09. The van der Waals surface area contributed by atoms with Gasteiger partial charge in [-0.3, -0.25) is 9.59 Å². The number of aromatic nitrogens is 3. The molecule has 202 valence electrons. The first-order chi connectivity index (χ1) is 18.2. The Hall–Kier alpha value is -3.63. The third-order valence-corrected chi connectivity index (χ3v) is 7.18. The number of ether oxygens (including phenoxy) is 1. The Morgan fingerprint density at radius 2 is 1.95 bits per heavy atom. The SMILES string of the molecule is CC(=O)N[C@H]1CC[C@H](NC(=O)c2c(C)[nH]c3c(-c4cc(C(F)F)ccc4OCC4CC4)ncnc23)C[C@H]1F. The molecule has 38 heavy (non-hydrogen) atoms. The van der Waals surface area contributed by atoms with Crippen molar-refractivity contribution in [2.24, 2.45) is 5.92 Å². The topological polar surface area (TPSA) is 109 Å². The van der Waals surface area contributed by atoms with Gasteiger partial charge in [0, 0.05) is 36.2 Å². The number of carbonyl (C=O) groups is 2. The lowest BCUT2D eigenvalue weighted by Gasteiger charge is -2.32. The van der Waals surface area contributed by atoms with Gasteiger partial charge in [0.2, 0.25) is 5.91 Å². The number of carbonyl (C=O) groups excluding carboxylic acids is 2. The summed E-state index contributed by atoms with van der Waals surface area (Å²) >= 11 is 0. The molecule has 11 heteroatoms. The van der Waals surface area contributed by atoms with Crippen LogP contribution in [0.2, 0.25) is 0 Å². The summed E-state index contributed by atoms with van der Waals surface area (Å²) in [6.07, 6.45) is 0.513. The molecule has 2 aromatic heterocycles. The Labute approximate surface area is 217 Å². The number of aryl methyl sites for hydroxylation is 1. The number of amides is 2. The van der Waals surface area contributed by atoms with Crippen molar-refractivity contribution in [3.63, 3.8) is 0 Å². The fraction of sp³-hybridized carbons (Fsp3) is 0.481. The number of alkyl halides is 3. The predicted octanol–water partition coefficient (Wildman–Crippen LogP) is 4.78. The summed E-state index contributed by atoms with van der Waals surface area (Å²) in [5, 5.41) is 5.51. The van der Waals surface area contributed by atoms with Crippen molar-refractivity contribution < 1.29 is 27.5 Å². The summed E-state index contributed by atoms with van der Waals surface area (Å²) in [7, 11) is 0. The minimum atomic E-state index is -2.67. The smallest absolute Gasteiger partial charge is 0.263 e. The fourth-order valence-electron chi connectivity index (χ4n) is 5.02. The number of halogens is 3. The number of nitrogens with zero attached hydrogens (tertiary/aromatic N) is 2. The second-order valence-electron chi connectivity index (χ2n) is 10.2. The zero-order valence-electron chi connectivity index (χ0n) is 21.2. The largest absolute Gasteiger partial charge is 0.493 e. The molecule has 2 saturated carbocycles. The van der Waals surface area contributed by atoms with Gasteiger partial charge < -0.3 is 20.4 Å². The summed E-state index contributed by atoms with van der Waals surface area (Å²) in [4.78, 5) is 36.4. The minimum absolute atomic E-state index is 0.0838. The lowest BCUT2D eigenvalue weighted by Crippen LogP contribution is -2.49. The molecular weight excluding hydrogens is 499 g/mol. The van der Waals surface area contributed by atoms with Crippen LogP contribution in [0.4, 0.5) is 13.2 Å². The number of hydrogen-bond acceptors (Lipinski definition) is 5. The Morgan fingerprint density at radius 3 is 2.63 bits per heavy atom. The van der Waals surface area contributed by atoms with Gasteiger partial charge in [-0.1, -0.05) is 0 Å². The maximum Gasteiger partial charge on any atom is 0.263 e. The Bertz CT molecular complexity index is 1360. The van der Waals surface area contributed by atoms with E-state index in [9.17, 15) is 22.8 Å². The molecule has 2 amide bonds. The lowest BCUT2D eigenvalue weighted by atomic mass is 9.89. The van der Waals surface area contributed by atoms with Crippen molar-refractivity contribution in [2.45, 2.75) is 70.6 Å². The number of aromatic amines is 1. The van der Waals surface area contributed by atoms with Gasteiger partial charge in [0.25, 0.3) is 12.3 Å². The fourth-order valence-corrected chi connectivity index (χ4v) is 5.02. The van der Waals surface area contributed by atoms with E-state index in [2.05, 4.69) is 25.6 Å². The Kier molecular flexibility index (Phi) is 7.27. The van der Waals surface area contributed by atoms with Crippen molar-refractivity contribution >= 4 is 22.8 Å². The first-order valence-corrected chi connectivity index (χ1v) is 12.8. The van der Waals surface area contributed by atoms with Crippen LogP contribution < -0.4 is 15.4 Å². The number of fused-ring (bicyclic) bond motifs is 1. The van der Waals surface area contributed by atoms with Crippen LogP contribution in [0.1, 0.15) is 67.1 Å². The van der Waals surface area contributed by atoms with E-state index in [0.29, 0.717) is 59.1 Å². The molecule has 2 heterocycles. The number of nitrogens with one attached hydrogen (secondary N) is 3. The van der Waals surface area contributed by atoms with E-state index in [-0.39, 0.29) is 23.5 Å². The number of hydrogen-bond donors (Lipinski definition) is 3. The van der Waals surface area contributed by atoms with Gasteiger partial charge in [-0.2, -0.15) is 0 Å². The van der Waals surface area contributed by atoms with E-state index in [1.165, 1.54) is 31.5 Å². The van der Waals surface area contributed by atoms with Gasteiger partial charge in [-0.15, -0.1) is 0 Å². The maximum atomic E-state index is 14.6. The molecule has 0 spiro atoms. The summed E-state index contributed by atoms with van der Waals surface area (Å²) < 4.78 is 47.7. The number of rotatable bonds is 8. The van der Waals surface area contributed by atoms with Gasteiger partial charge in [0.1, 0.15) is 29.5 Å². The van der Waals surface area contributed by atoms with Crippen LogP contribution in [0.15, 0.2) is 24.5 Å². The molecular formula is C27H30F3N5O3. The molecule has 3 atom stereocenters. The lowest BCUT2D eigenvalue weighted by molar-refractivity contribution is -0.120. The number of benzene rings is 1. The van der Waals surface area contributed by atoms with Crippen LogP contribution in [0.5, 0.6) is 5.75 Å². The summed E-state index contributed by atoms with van der Waals surface area (Å²) in [6.45, 7) is 3.56. The van der Waals surface area contributed by atoms with Gasteiger partial charge in [-0.25, -0.2) is 23.1 Å². The average molecular weight is 530 g/mol. The van der Waals surface area contributed by atoms with Crippen LogP contribution >= 0.6 is 0 Å². The highest BCUT2D eigenvalue weighted by atomic mass is 19.3. The van der Waals surface area contributed by atoms with E-state index in [0.717, 1.165) is 12.8 Å². The van der Waals surface area contributed by atoms with E-state index in [1.54, 1.807) is 6.92 Å². The molecule has 3 N–H and O–H groups in total. The van der Waals surface area contributed by atoms with Crippen LogP contribution in [0, 0.1) is 12.8 Å². The molecule has 5 rings (SSSR count). The van der Waals surface area contributed by atoms with E-state index < -0.39 is 30.6 Å². The second-order valence-corrected chi connectivity index (χ2v) is 10.2. The molecule has 8 nitrogen and oxygen atoms in total. The molecule has 0 radical (unpaired) electrons. The van der Waals surface area contributed by atoms with Gasteiger partial charge in [-0.05, 0) is 56.7 Å².